The van der Waals surface area contributed by atoms with E-state index in [0.717, 1.165) is 9.37 Å². The molecule has 6 heteroatoms. The molecule has 0 fully saturated rings. The number of halogens is 1. The van der Waals surface area contributed by atoms with Crippen molar-refractivity contribution < 1.29 is 9.90 Å². The number of hydrogen-bond acceptors (Lipinski definition) is 4. The molecule has 0 bridgehead atoms. The maximum atomic E-state index is 10.8. The first kappa shape index (κ1) is 12.1. The maximum Gasteiger partial charge on any atom is 0.354 e. The van der Waals surface area contributed by atoms with E-state index < -0.39 is 5.97 Å². The molecule has 2 aromatic rings. The lowest BCUT2D eigenvalue weighted by molar-refractivity contribution is 0.0689. The summed E-state index contributed by atoms with van der Waals surface area (Å²) in [6, 6.07) is 9.01. The number of hydrogen-bond donors (Lipinski definition) is 1. The second-order valence-electron chi connectivity index (χ2n) is 3.09. The highest BCUT2D eigenvalue weighted by molar-refractivity contribution is 9.10. The van der Waals surface area contributed by atoms with Gasteiger partial charge in [0.05, 0.1) is 0 Å². The predicted molar refractivity (Wildman–Crippen MR) is 67.3 cm³/mol. The Morgan fingerprint density at radius 1 is 1.35 bits per heavy atom. The fourth-order valence-electron chi connectivity index (χ4n) is 1.14. The largest absolute Gasteiger partial charge is 0.477 e. The van der Waals surface area contributed by atoms with E-state index in [0.29, 0.717) is 5.16 Å². The van der Waals surface area contributed by atoms with Crippen molar-refractivity contribution in [2.75, 3.05) is 0 Å². The third kappa shape index (κ3) is 3.28. The average molecular weight is 311 g/mol. The fourth-order valence-corrected chi connectivity index (χ4v) is 2.50. The fraction of sp³-hybridized carbons (Fsp3) is 0. The van der Waals surface area contributed by atoms with E-state index in [9.17, 15) is 4.79 Å². The Morgan fingerprint density at radius 3 is 2.88 bits per heavy atom. The Hall–Kier alpha value is -1.40. The van der Waals surface area contributed by atoms with Crippen LogP contribution < -0.4 is 0 Å². The molecule has 86 valence electrons. The third-order valence-corrected chi connectivity index (χ3v) is 3.22. The molecule has 1 heterocycles. The van der Waals surface area contributed by atoms with Gasteiger partial charge in [-0.15, -0.1) is 0 Å². The molecule has 0 aliphatic carbocycles. The van der Waals surface area contributed by atoms with Crippen LogP contribution in [0.25, 0.3) is 0 Å². The summed E-state index contributed by atoms with van der Waals surface area (Å²) in [5.41, 5.74) is -0.00232. The third-order valence-electron chi connectivity index (χ3n) is 1.86. The van der Waals surface area contributed by atoms with Crippen LogP contribution in [0.3, 0.4) is 0 Å². The lowest BCUT2D eigenvalue weighted by atomic mass is 10.4. The highest BCUT2D eigenvalue weighted by Crippen LogP contribution is 2.26. The van der Waals surface area contributed by atoms with E-state index in [1.165, 1.54) is 24.0 Å². The van der Waals surface area contributed by atoms with Gasteiger partial charge in [-0.2, -0.15) is 0 Å². The van der Waals surface area contributed by atoms with Gasteiger partial charge in [-0.1, -0.05) is 22.0 Å². The van der Waals surface area contributed by atoms with Crippen LogP contribution >= 0.6 is 27.7 Å². The van der Waals surface area contributed by atoms with Crippen LogP contribution in [-0.4, -0.2) is 21.0 Å². The second kappa shape index (κ2) is 5.29. The van der Waals surface area contributed by atoms with Crippen LogP contribution in [-0.2, 0) is 0 Å². The Morgan fingerprint density at radius 2 is 2.18 bits per heavy atom. The molecule has 0 radical (unpaired) electrons. The van der Waals surface area contributed by atoms with Crippen molar-refractivity contribution in [2.24, 2.45) is 0 Å². The van der Waals surface area contributed by atoms with Crippen LogP contribution in [0.5, 0.6) is 0 Å². The van der Waals surface area contributed by atoms with Gasteiger partial charge in [-0.25, -0.2) is 14.8 Å². The highest BCUT2D eigenvalue weighted by atomic mass is 79.9. The minimum Gasteiger partial charge on any atom is -0.477 e. The Balaban J connectivity index is 2.24. The lowest BCUT2D eigenvalue weighted by Crippen LogP contribution is -2.01. The standard InChI is InChI=1S/C11H7BrN2O2S/c12-7-2-1-3-8(6-7)17-11-13-5-4-9(14-11)10(15)16/h1-6H,(H,15,16). The maximum absolute atomic E-state index is 10.8. The molecule has 0 aliphatic rings. The predicted octanol–water partition coefficient (Wildman–Crippen LogP) is 3.09. The van der Waals surface area contributed by atoms with Gasteiger partial charge >= 0.3 is 5.97 Å². The number of aromatic nitrogens is 2. The van der Waals surface area contributed by atoms with Crippen LogP contribution in [0.4, 0.5) is 0 Å². The van der Waals surface area contributed by atoms with E-state index in [4.69, 9.17) is 5.11 Å². The van der Waals surface area contributed by atoms with Crippen LogP contribution in [0, 0.1) is 0 Å². The molecule has 0 amide bonds. The minimum absolute atomic E-state index is 0.00232. The molecule has 0 unspecified atom stereocenters. The number of nitrogens with zero attached hydrogens (tertiary/aromatic N) is 2. The molecular weight excluding hydrogens is 304 g/mol. The summed E-state index contributed by atoms with van der Waals surface area (Å²) >= 11 is 4.68. The molecule has 4 nitrogen and oxygen atoms in total. The summed E-state index contributed by atoms with van der Waals surface area (Å²) in [6.07, 6.45) is 1.44. The molecule has 1 N–H and O–H groups in total. The van der Waals surface area contributed by atoms with Gasteiger partial charge in [0.25, 0.3) is 0 Å². The minimum atomic E-state index is -1.05. The first-order chi connectivity index (χ1) is 8.15. The summed E-state index contributed by atoms with van der Waals surface area (Å²) < 4.78 is 0.955. The monoisotopic (exact) mass is 310 g/mol. The van der Waals surface area contributed by atoms with Crippen LogP contribution in [0.15, 0.2) is 51.1 Å². The van der Waals surface area contributed by atoms with Crippen molar-refractivity contribution in [2.45, 2.75) is 10.1 Å². The summed E-state index contributed by atoms with van der Waals surface area (Å²) in [4.78, 5) is 19.7. The van der Waals surface area contributed by atoms with Gasteiger partial charge in [0.1, 0.15) is 0 Å². The summed E-state index contributed by atoms with van der Waals surface area (Å²) in [5.74, 6) is -1.05. The molecular formula is C11H7BrN2O2S. The molecule has 1 aromatic carbocycles. The molecule has 0 aliphatic heterocycles. The molecule has 0 atom stereocenters. The molecule has 0 spiro atoms. The number of carboxylic acid groups (broad SMARTS) is 1. The Labute approximate surface area is 110 Å². The van der Waals surface area contributed by atoms with Gasteiger partial charge in [0.15, 0.2) is 10.9 Å². The normalized spacial score (nSPS) is 10.2. The van der Waals surface area contributed by atoms with Gasteiger partial charge < -0.3 is 5.11 Å². The van der Waals surface area contributed by atoms with Crippen LogP contribution in [0.1, 0.15) is 10.5 Å². The topological polar surface area (TPSA) is 63.1 Å². The molecule has 0 saturated carbocycles. The second-order valence-corrected chi connectivity index (χ2v) is 5.05. The van der Waals surface area contributed by atoms with Crippen molar-refractivity contribution in [3.05, 3.63) is 46.7 Å². The number of carbonyl (C=O) groups is 1. The quantitative estimate of drug-likeness (QED) is 0.883. The summed E-state index contributed by atoms with van der Waals surface area (Å²) in [5, 5.41) is 9.23. The number of benzene rings is 1. The average Bonchev–Trinajstić information content (AvgIpc) is 2.29. The first-order valence-electron chi connectivity index (χ1n) is 4.65. The zero-order chi connectivity index (χ0) is 12.3. The smallest absolute Gasteiger partial charge is 0.354 e. The lowest BCUT2D eigenvalue weighted by Gasteiger charge is -2.01. The van der Waals surface area contributed by atoms with Crippen molar-refractivity contribution >= 4 is 33.7 Å². The van der Waals surface area contributed by atoms with Gasteiger partial charge in [-0.3, -0.25) is 0 Å². The molecule has 17 heavy (non-hydrogen) atoms. The number of carboxylic acids is 1. The zero-order valence-electron chi connectivity index (χ0n) is 8.50. The van der Waals surface area contributed by atoms with E-state index in [2.05, 4.69) is 25.9 Å². The first-order valence-corrected chi connectivity index (χ1v) is 6.26. The SMILES string of the molecule is O=C(O)c1ccnc(Sc2cccc(Br)c2)n1. The molecule has 1 aromatic heterocycles. The van der Waals surface area contributed by atoms with Gasteiger partial charge in [-0.05, 0) is 36.0 Å². The van der Waals surface area contributed by atoms with E-state index >= 15 is 0 Å². The molecule has 2 rings (SSSR count). The van der Waals surface area contributed by atoms with Crippen molar-refractivity contribution in [1.82, 2.24) is 9.97 Å². The van der Waals surface area contributed by atoms with Crippen LogP contribution in [0.2, 0.25) is 0 Å². The summed E-state index contributed by atoms with van der Waals surface area (Å²) in [7, 11) is 0. The van der Waals surface area contributed by atoms with Gasteiger partial charge in [0, 0.05) is 15.6 Å². The van der Waals surface area contributed by atoms with Crippen molar-refractivity contribution in [1.29, 1.82) is 0 Å². The zero-order valence-corrected chi connectivity index (χ0v) is 10.9. The van der Waals surface area contributed by atoms with E-state index in [-0.39, 0.29) is 5.69 Å². The van der Waals surface area contributed by atoms with E-state index in [1.807, 2.05) is 24.3 Å². The van der Waals surface area contributed by atoms with Crippen molar-refractivity contribution in [3.8, 4) is 0 Å². The Kier molecular flexibility index (Phi) is 3.75. The number of aromatic carboxylic acids is 1. The van der Waals surface area contributed by atoms with E-state index in [1.54, 1.807) is 0 Å². The summed E-state index contributed by atoms with van der Waals surface area (Å²) in [6.45, 7) is 0. The molecule has 0 saturated heterocycles. The van der Waals surface area contributed by atoms with Crippen molar-refractivity contribution in [3.63, 3.8) is 0 Å². The van der Waals surface area contributed by atoms with Gasteiger partial charge in [0.2, 0.25) is 0 Å². The Bertz CT molecular complexity index is 563. The highest BCUT2D eigenvalue weighted by Gasteiger charge is 2.07. The number of rotatable bonds is 3.